The Morgan fingerprint density at radius 1 is 0.739 bits per heavy atom. The molecule has 2 aromatic carbocycles. The van der Waals surface area contributed by atoms with E-state index in [9.17, 15) is 16.8 Å². The number of hydrogen-bond donors (Lipinski definition) is 0. The van der Waals surface area contributed by atoms with Crippen LogP contribution in [0.5, 0.6) is 0 Å². The van der Waals surface area contributed by atoms with E-state index in [4.69, 9.17) is 2.74 Å². The van der Waals surface area contributed by atoms with Gasteiger partial charge in [-0.2, -0.15) is 16.8 Å². The van der Waals surface area contributed by atoms with Crippen molar-refractivity contribution in [2.24, 2.45) is 0 Å². The van der Waals surface area contributed by atoms with Crippen molar-refractivity contribution in [1.82, 2.24) is 0 Å². The molecule has 23 heavy (non-hydrogen) atoms. The molecule has 0 aromatic heterocycles. The Morgan fingerprint density at radius 2 is 1.04 bits per heavy atom. The summed E-state index contributed by atoms with van der Waals surface area (Å²) in [5, 5.41) is 0. The van der Waals surface area contributed by atoms with Gasteiger partial charge in [-0.05, 0) is 38.1 Å². The van der Waals surface area contributed by atoms with Crippen molar-refractivity contribution >= 4 is 20.2 Å². The molecule has 0 saturated carbocycles. The van der Waals surface area contributed by atoms with Crippen LogP contribution in [0.4, 0.5) is 0 Å². The van der Waals surface area contributed by atoms with Crippen LogP contribution in [-0.4, -0.2) is 23.6 Å². The zero-order valence-corrected chi connectivity index (χ0v) is 14.0. The molecule has 2 aromatic rings. The topological polar surface area (TPSA) is 86.7 Å². The summed E-state index contributed by atoms with van der Waals surface area (Å²) in [6.45, 7) is 0.0784. The van der Waals surface area contributed by atoms with Crippen LogP contribution in [0.2, 0.25) is 0 Å². The van der Waals surface area contributed by atoms with Crippen molar-refractivity contribution in [3.8, 4) is 0 Å². The highest BCUT2D eigenvalue weighted by Gasteiger charge is 2.19. The van der Waals surface area contributed by atoms with Crippen molar-refractivity contribution in [3.63, 3.8) is 0 Å². The van der Waals surface area contributed by atoms with Gasteiger partial charge in [0, 0.05) is 0 Å². The molecule has 0 atom stereocenters. The Labute approximate surface area is 138 Å². The van der Waals surface area contributed by atoms with Crippen LogP contribution in [-0.2, 0) is 28.6 Å². The molecule has 0 fully saturated rings. The largest absolute Gasteiger partial charge is 0.299 e. The quantitative estimate of drug-likeness (QED) is 0.582. The van der Waals surface area contributed by atoms with E-state index in [-0.39, 0.29) is 9.79 Å². The molecule has 0 amide bonds. The Morgan fingerprint density at radius 3 is 1.35 bits per heavy atom. The molecule has 0 aliphatic rings. The van der Waals surface area contributed by atoms with Crippen LogP contribution < -0.4 is 0 Å². The maximum atomic E-state index is 12.1. The van der Waals surface area contributed by atoms with Crippen LogP contribution in [0.15, 0.2) is 58.3 Å². The number of rotatable bonds is 6. The molecular weight excluding hydrogens is 340 g/mol. The minimum Gasteiger partial charge on any atom is -0.236 e. The molecule has 8 heteroatoms. The first-order valence-corrected chi connectivity index (χ1v) is 9.28. The molecule has 0 N–H and O–H groups in total. The molecule has 0 radical (unpaired) electrons. The maximum absolute atomic E-state index is 12.1. The predicted molar refractivity (Wildman–Crippen MR) is 83.8 cm³/mol. The van der Waals surface area contributed by atoms with Gasteiger partial charge >= 0.3 is 0 Å². The first-order chi connectivity index (χ1) is 11.4. The van der Waals surface area contributed by atoms with E-state index in [1.807, 2.05) is 0 Å². The van der Waals surface area contributed by atoms with E-state index in [0.29, 0.717) is 0 Å². The third-order valence-electron chi connectivity index (χ3n) is 2.91. The fourth-order valence-electron chi connectivity index (χ4n) is 1.61. The van der Waals surface area contributed by atoms with Crippen LogP contribution in [0, 0.1) is 13.8 Å². The van der Waals surface area contributed by atoms with Crippen molar-refractivity contribution in [1.29, 1.82) is 0 Å². The number of hydrogen-bond acceptors (Lipinski definition) is 6. The molecule has 6 nitrogen and oxygen atoms in total. The van der Waals surface area contributed by atoms with Gasteiger partial charge in [0.25, 0.3) is 20.2 Å². The van der Waals surface area contributed by atoms with Gasteiger partial charge in [-0.1, -0.05) is 35.4 Å². The second kappa shape index (κ2) is 6.79. The summed E-state index contributed by atoms with van der Waals surface area (Å²) < 4.78 is 72.0. The summed E-state index contributed by atoms with van der Waals surface area (Å²) in [5.41, 5.74) is 1.58. The lowest BCUT2D eigenvalue weighted by molar-refractivity contribution is 0.132. The van der Waals surface area contributed by atoms with Gasteiger partial charge in [0.2, 0.25) is 0 Å². The minimum atomic E-state index is -4.56. The molecular formula is C15H16O6S2. The van der Waals surface area contributed by atoms with Crippen molar-refractivity contribution in [3.05, 3.63) is 59.7 Å². The van der Waals surface area contributed by atoms with E-state index < -0.39 is 27.0 Å². The van der Waals surface area contributed by atoms with Crippen molar-refractivity contribution < 1.29 is 27.9 Å². The molecule has 0 unspecified atom stereocenters. The predicted octanol–water partition coefficient (Wildman–Crippen LogP) is 2.37. The second-order valence-corrected chi connectivity index (χ2v) is 7.88. The van der Waals surface area contributed by atoms with E-state index in [2.05, 4.69) is 8.37 Å². The zero-order chi connectivity index (χ0) is 18.9. The maximum Gasteiger partial charge on any atom is 0.299 e. The first kappa shape index (κ1) is 14.8. The van der Waals surface area contributed by atoms with Gasteiger partial charge in [-0.15, -0.1) is 0 Å². The van der Waals surface area contributed by atoms with Crippen LogP contribution in [0.1, 0.15) is 13.9 Å². The van der Waals surface area contributed by atoms with Gasteiger partial charge in [-0.25, -0.2) is 8.37 Å². The SMILES string of the molecule is [2H]C([2H])(OS(=O)(=O)c1ccc(C)cc1)OS(=O)(=O)c1ccc(C)cc1. The summed E-state index contributed by atoms with van der Waals surface area (Å²) in [5.74, 6) is 0. The Balaban J connectivity index is 2.23. The summed E-state index contributed by atoms with van der Waals surface area (Å²) in [6.07, 6.45) is 0. The fraction of sp³-hybridized carbons (Fsp3) is 0.200. The van der Waals surface area contributed by atoms with Crippen LogP contribution >= 0.6 is 0 Å². The molecule has 124 valence electrons. The molecule has 2 rings (SSSR count). The monoisotopic (exact) mass is 358 g/mol. The summed E-state index contributed by atoms with van der Waals surface area (Å²) >= 11 is 0. The highest BCUT2D eigenvalue weighted by molar-refractivity contribution is 7.87. The summed E-state index contributed by atoms with van der Waals surface area (Å²) in [7, 11) is -9.12. The minimum absolute atomic E-state index is 0.321. The summed E-state index contributed by atoms with van der Waals surface area (Å²) in [6, 6.07) is 10.9. The molecule has 0 aliphatic carbocycles. The zero-order valence-electron chi connectivity index (χ0n) is 14.4. The van der Waals surface area contributed by atoms with Crippen molar-refractivity contribution in [2.75, 3.05) is 6.75 Å². The van der Waals surface area contributed by atoms with Gasteiger partial charge in [0.1, 0.15) is 0 Å². The van der Waals surface area contributed by atoms with Crippen molar-refractivity contribution in [2.45, 2.75) is 23.6 Å². The van der Waals surface area contributed by atoms with E-state index >= 15 is 0 Å². The van der Waals surface area contributed by atoms with Gasteiger partial charge in [0.05, 0.1) is 12.5 Å². The fourth-order valence-corrected chi connectivity index (χ4v) is 3.03. The Hall–Kier alpha value is -1.74. The Kier molecular flexibility index (Phi) is 4.38. The number of benzene rings is 2. The highest BCUT2D eigenvalue weighted by atomic mass is 32.2. The third kappa shape index (κ3) is 4.61. The molecule has 0 saturated heterocycles. The molecule has 0 spiro atoms. The van der Waals surface area contributed by atoms with Crippen LogP contribution in [0.25, 0.3) is 0 Å². The summed E-state index contributed by atoms with van der Waals surface area (Å²) in [4.78, 5) is -0.642. The average Bonchev–Trinajstić information content (AvgIpc) is 2.45. The normalized spacial score (nSPS) is 14.2. The smallest absolute Gasteiger partial charge is 0.236 e. The second-order valence-electron chi connectivity index (χ2n) is 4.78. The van der Waals surface area contributed by atoms with Crippen LogP contribution in [0.3, 0.4) is 0 Å². The van der Waals surface area contributed by atoms with E-state index in [0.717, 1.165) is 11.1 Å². The van der Waals surface area contributed by atoms with Gasteiger partial charge in [0.15, 0.2) is 6.75 Å². The molecule has 0 aliphatic heterocycles. The van der Waals surface area contributed by atoms with E-state index in [1.165, 1.54) is 48.5 Å². The Bertz CT molecular complexity index is 871. The lowest BCUT2D eigenvalue weighted by Gasteiger charge is -2.07. The van der Waals surface area contributed by atoms with Gasteiger partial charge in [-0.3, -0.25) is 0 Å². The average molecular weight is 358 g/mol. The third-order valence-corrected chi connectivity index (χ3v) is 5.18. The number of aryl methyl sites for hydroxylation is 2. The van der Waals surface area contributed by atoms with E-state index in [1.54, 1.807) is 13.8 Å². The standard InChI is InChI=1S/C15H16O6S2/c1-12-3-7-14(8-4-12)22(16,17)20-11-21-23(18,19)15-9-5-13(2)6-10-15/h3-10H,11H2,1-2H3/i11D2. The van der Waals surface area contributed by atoms with Gasteiger partial charge < -0.3 is 0 Å². The molecule has 0 heterocycles. The highest BCUT2D eigenvalue weighted by Crippen LogP contribution is 2.16. The lowest BCUT2D eigenvalue weighted by atomic mass is 10.2. The lowest BCUT2D eigenvalue weighted by Crippen LogP contribution is -2.14. The molecule has 0 bridgehead atoms. The first-order valence-electron chi connectivity index (χ1n) is 7.46.